The van der Waals surface area contributed by atoms with Gasteiger partial charge in [0.25, 0.3) is 0 Å². The molecular formula is C15H18N2O3. The minimum Gasteiger partial charge on any atom is -0.481 e. The largest absolute Gasteiger partial charge is 0.481 e. The molecule has 1 N–H and O–H groups in total. The van der Waals surface area contributed by atoms with Crippen LogP contribution in [0.4, 0.5) is 0 Å². The fraction of sp³-hybridized carbons (Fsp3) is 0.333. The van der Waals surface area contributed by atoms with Crippen molar-refractivity contribution >= 4 is 5.97 Å². The maximum Gasteiger partial charge on any atom is 0.303 e. The molecule has 0 atom stereocenters. The number of nitrogens with zero attached hydrogens (tertiary/aromatic N) is 2. The summed E-state index contributed by atoms with van der Waals surface area (Å²) in [6.07, 6.45) is 1.24. The average molecular weight is 274 g/mol. The maximum absolute atomic E-state index is 10.8. The van der Waals surface area contributed by atoms with E-state index in [4.69, 9.17) is 9.84 Å². The van der Waals surface area contributed by atoms with E-state index in [9.17, 15) is 4.79 Å². The summed E-state index contributed by atoms with van der Waals surface area (Å²) in [4.78, 5) is 10.8. The van der Waals surface area contributed by atoms with Crippen LogP contribution in [0.15, 0.2) is 30.3 Å². The van der Waals surface area contributed by atoms with E-state index in [1.165, 1.54) is 0 Å². The van der Waals surface area contributed by atoms with Gasteiger partial charge in [-0.25, -0.2) is 4.68 Å². The lowest BCUT2D eigenvalue weighted by molar-refractivity contribution is -0.136. The van der Waals surface area contributed by atoms with Gasteiger partial charge in [-0.3, -0.25) is 4.79 Å². The molecule has 0 spiro atoms. The van der Waals surface area contributed by atoms with E-state index < -0.39 is 5.97 Å². The molecule has 0 aliphatic carbocycles. The number of rotatable bonds is 6. The smallest absolute Gasteiger partial charge is 0.303 e. The second kappa shape index (κ2) is 6.23. The number of aryl methyl sites for hydroxylation is 1. The molecule has 1 heterocycles. The van der Waals surface area contributed by atoms with Gasteiger partial charge >= 0.3 is 5.97 Å². The summed E-state index contributed by atoms with van der Waals surface area (Å²) < 4.78 is 7.19. The standard InChI is InChI=1S/C15H18N2O3/c1-3-13-12(9-10-14(18)19)15(20-2)17(16-13)11-7-5-4-6-8-11/h4-8H,3,9-10H2,1-2H3,(H,18,19). The first-order valence-electron chi connectivity index (χ1n) is 6.59. The highest BCUT2D eigenvalue weighted by molar-refractivity contribution is 5.67. The second-order valence-electron chi connectivity index (χ2n) is 4.43. The lowest BCUT2D eigenvalue weighted by atomic mass is 10.1. The molecule has 5 heteroatoms. The van der Waals surface area contributed by atoms with Gasteiger partial charge in [0.15, 0.2) is 0 Å². The fourth-order valence-electron chi connectivity index (χ4n) is 2.20. The van der Waals surface area contributed by atoms with Crippen LogP contribution in [-0.2, 0) is 17.6 Å². The van der Waals surface area contributed by atoms with Gasteiger partial charge in [-0.05, 0) is 25.0 Å². The molecule has 0 saturated carbocycles. The molecule has 1 aromatic heterocycles. The third-order valence-corrected chi connectivity index (χ3v) is 3.14. The Morgan fingerprint density at radius 2 is 2.05 bits per heavy atom. The minimum atomic E-state index is -0.818. The van der Waals surface area contributed by atoms with Crippen LogP contribution in [0.3, 0.4) is 0 Å². The molecule has 0 radical (unpaired) electrons. The highest BCUT2D eigenvalue weighted by Crippen LogP contribution is 2.27. The zero-order valence-electron chi connectivity index (χ0n) is 11.7. The Labute approximate surface area is 117 Å². The van der Waals surface area contributed by atoms with Crippen molar-refractivity contribution in [3.05, 3.63) is 41.6 Å². The predicted molar refractivity (Wildman–Crippen MR) is 75.5 cm³/mol. The molecule has 0 unspecified atom stereocenters. The fourth-order valence-corrected chi connectivity index (χ4v) is 2.20. The lowest BCUT2D eigenvalue weighted by Gasteiger charge is -2.07. The zero-order valence-corrected chi connectivity index (χ0v) is 11.7. The van der Waals surface area contributed by atoms with Crippen molar-refractivity contribution in [3.63, 3.8) is 0 Å². The zero-order chi connectivity index (χ0) is 14.5. The number of carboxylic acid groups (broad SMARTS) is 1. The van der Waals surface area contributed by atoms with Crippen molar-refractivity contribution in [2.24, 2.45) is 0 Å². The van der Waals surface area contributed by atoms with Crippen LogP contribution in [0.25, 0.3) is 5.69 Å². The third kappa shape index (κ3) is 2.82. The Balaban J connectivity index is 2.46. The van der Waals surface area contributed by atoms with Crippen molar-refractivity contribution < 1.29 is 14.6 Å². The van der Waals surface area contributed by atoms with Crippen LogP contribution in [0.5, 0.6) is 5.88 Å². The second-order valence-corrected chi connectivity index (χ2v) is 4.43. The van der Waals surface area contributed by atoms with E-state index in [-0.39, 0.29) is 6.42 Å². The van der Waals surface area contributed by atoms with Crippen molar-refractivity contribution in [1.29, 1.82) is 0 Å². The third-order valence-electron chi connectivity index (χ3n) is 3.14. The van der Waals surface area contributed by atoms with Crippen LogP contribution in [-0.4, -0.2) is 28.0 Å². The molecule has 0 aliphatic heterocycles. The molecular weight excluding hydrogens is 256 g/mol. The summed E-state index contributed by atoms with van der Waals surface area (Å²) >= 11 is 0. The summed E-state index contributed by atoms with van der Waals surface area (Å²) in [7, 11) is 1.58. The van der Waals surface area contributed by atoms with Gasteiger partial charge in [0, 0.05) is 12.0 Å². The van der Waals surface area contributed by atoms with Crippen LogP contribution in [0, 0.1) is 0 Å². The van der Waals surface area contributed by atoms with Crippen molar-refractivity contribution in [2.45, 2.75) is 26.2 Å². The number of aromatic nitrogens is 2. The minimum absolute atomic E-state index is 0.0733. The number of aliphatic carboxylic acids is 1. The summed E-state index contributed by atoms with van der Waals surface area (Å²) in [5.41, 5.74) is 2.66. The first-order chi connectivity index (χ1) is 9.67. The quantitative estimate of drug-likeness (QED) is 0.878. The molecule has 106 valence electrons. The summed E-state index contributed by atoms with van der Waals surface area (Å²) in [5.74, 6) is -0.198. The number of hydrogen-bond donors (Lipinski definition) is 1. The first-order valence-corrected chi connectivity index (χ1v) is 6.59. The molecule has 0 bridgehead atoms. The molecule has 0 saturated heterocycles. The van der Waals surface area contributed by atoms with Gasteiger partial charge in [-0.15, -0.1) is 0 Å². The van der Waals surface area contributed by atoms with Crippen molar-refractivity contribution in [1.82, 2.24) is 9.78 Å². The van der Waals surface area contributed by atoms with Crippen LogP contribution in [0.1, 0.15) is 24.6 Å². The SMILES string of the molecule is CCc1nn(-c2ccccc2)c(OC)c1CCC(=O)O. The number of carbonyl (C=O) groups is 1. The highest BCUT2D eigenvalue weighted by atomic mass is 16.5. The summed E-state index contributed by atoms with van der Waals surface area (Å²) in [6.45, 7) is 2.00. The predicted octanol–water partition coefficient (Wildman–Crippen LogP) is 2.46. The monoisotopic (exact) mass is 274 g/mol. The van der Waals surface area contributed by atoms with Gasteiger partial charge in [-0.2, -0.15) is 5.10 Å². The molecule has 20 heavy (non-hydrogen) atoms. The van der Waals surface area contributed by atoms with Gasteiger partial charge in [-0.1, -0.05) is 25.1 Å². The summed E-state index contributed by atoms with van der Waals surface area (Å²) in [5, 5.41) is 13.4. The molecule has 5 nitrogen and oxygen atoms in total. The number of benzene rings is 1. The van der Waals surface area contributed by atoms with Gasteiger partial charge in [0.05, 0.1) is 18.5 Å². The number of carboxylic acids is 1. The molecule has 0 aliphatic rings. The molecule has 2 rings (SSSR count). The van der Waals surface area contributed by atoms with Crippen LogP contribution >= 0.6 is 0 Å². The van der Waals surface area contributed by atoms with Crippen LogP contribution < -0.4 is 4.74 Å². The summed E-state index contributed by atoms with van der Waals surface area (Å²) in [6, 6.07) is 9.68. The van der Waals surface area contributed by atoms with E-state index in [1.807, 2.05) is 37.3 Å². The number of hydrogen-bond acceptors (Lipinski definition) is 3. The molecule has 2 aromatic rings. The number of methoxy groups -OCH3 is 1. The Hall–Kier alpha value is -2.30. The highest BCUT2D eigenvalue weighted by Gasteiger charge is 2.19. The molecule has 1 aromatic carbocycles. The number of para-hydroxylation sites is 1. The Morgan fingerprint density at radius 3 is 2.60 bits per heavy atom. The van der Waals surface area contributed by atoms with Gasteiger partial charge < -0.3 is 9.84 Å². The topological polar surface area (TPSA) is 64.4 Å². The molecule has 0 amide bonds. The number of ether oxygens (including phenoxy) is 1. The first kappa shape index (κ1) is 14.1. The van der Waals surface area contributed by atoms with E-state index in [1.54, 1.807) is 11.8 Å². The van der Waals surface area contributed by atoms with E-state index in [0.29, 0.717) is 12.3 Å². The van der Waals surface area contributed by atoms with Gasteiger partial charge in [0.1, 0.15) is 0 Å². The van der Waals surface area contributed by atoms with E-state index in [2.05, 4.69) is 5.10 Å². The van der Waals surface area contributed by atoms with E-state index in [0.717, 1.165) is 23.4 Å². The normalized spacial score (nSPS) is 10.5. The van der Waals surface area contributed by atoms with Crippen molar-refractivity contribution in [3.8, 4) is 11.6 Å². The van der Waals surface area contributed by atoms with Gasteiger partial charge in [0.2, 0.25) is 5.88 Å². The van der Waals surface area contributed by atoms with Crippen LogP contribution in [0.2, 0.25) is 0 Å². The Bertz CT molecular complexity index is 591. The van der Waals surface area contributed by atoms with Crippen molar-refractivity contribution in [2.75, 3.05) is 7.11 Å². The Kier molecular flexibility index (Phi) is 4.40. The maximum atomic E-state index is 10.8. The Morgan fingerprint density at radius 1 is 1.35 bits per heavy atom. The van der Waals surface area contributed by atoms with E-state index >= 15 is 0 Å². The lowest BCUT2D eigenvalue weighted by Crippen LogP contribution is -2.02. The average Bonchev–Trinajstić information content (AvgIpc) is 2.83. The molecule has 0 fully saturated rings.